The first kappa shape index (κ1) is 16.0. The van der Waals surface area contributed by atoms with E-state index in [2.05, 4.69) is 17.6 Å². The van der Waals surface area contributed by atoms with Crippen LogP contribution in [0, 0.1) is 5.92 Å². The first-order valence-electron chi connectivity index (χ1n) is 8.61. The van der Waals surface area contributed by atoms with Crippen LogP contribution in [0.15, 0.2) is 24.3 Å². The summed E-state index contributed by atoms with van der Waals surface area (Å²) >= 11 is 0. The molecule has 1 aromatic carbocycles. The highest BCUT2D eigenvalue weighted by Gasteiger charge is 2.34. The van der Waals surface area contributed by atoms with E-state index in [4.69, 9.17) is 0 Å². The number of hydrogen-bond acceptors (Lipinski definition) is 2. The summed E-state index contributed by atoms with van der Waals surface area (Å²) in [6.07, 6.45) is 4.97. The van der Waals surface area contributed by atoms with E-state index in [-0.39, 0.29) is 24.4 Å². The average molecular weight is 316 g/mol. The third-order valence-electron chi connectivity index (χ3n) is 5.14. The van der Waals surface area contributed by atoms with Gasteiger partial charge in [0.25, 0.3) is 5.91 Å². The lowest BCUT2D eigenvalue weighted by molar-refractivity contribution is -0.714. The molecule has 2 aliphatic rings. The third-order valence-corrected chi connectivity index (χ3v) is 5.14. The van der Waals surface area contributed by atoms with Gasteiger partial charge in [0.05, 0.1) is 17.4 Å². The molecular weight excluding hydrogens is 290 g/mol. The highest BCUT2D eigenvalue weighted by atomic mass is 16.2. The Balaban J connectivity index is 1.73. The first-order valence-corrected chi connectivity index (χ1v) is 8.61. The number of amides is 2. The standard InChI is InChI=1S/C18H25N3O2/c1-12-7-3-4-8-14(12)19-13(2)18(23)21-11-17(22)20-15-9-5-6-10-16(15)21/h5-6,9-10,12-14,19H,3-4,7-8,11H2,1-2H3,(H,20,22)/p+1/t12-,13+,14-/m1/s1. The Hall–Kier alpha value is -1.88. The second-order valence-corrected chi connectivity index (χ2v) is 6.90. The molecule has 1 aliphatic heterocycles. The Labute approximate surface area is 137 Å². The number of hydrogen-bond donors (Lipinski definition) is 2. The summed E-state index contributed by atoms with van der Waals surface area (Å²) in [6, 6.07) is 7.84. The fourth-order valence-electron chi connectivity index (χ4n) is 3.76. The fourth-order valence-corrected chi connectivity index (χ4v) is 3.76. The Morgan fingerprint density at radius 3 is 2.83 bits per heavy atom. The summed E-state index contributed by atoms with van der Waals surface area (Å²) in [5.41, 5.74) is 1.52. The second-order valence-electron chi connectivity index (χ2n) is 6.90. The van der Waals surface area contributed by atoms with Crippen LogP contribution in [0.4, 0.5) is 11.4 Å². The van der Waals surface area contributed by atoms with Gasteiger partial charge in [-0.3, -0.25) is 14.5 Å². The molecule has 23 heavy (non-hydrogen) atoms. The Morgan fingerprint density at radius 2 is 2.04 bits per heavy atom. The minimum Gasteiger partial charge on any atom is -0.334 e. The van der Waals surface area contributed by atoms with Crippen molar-refractivity contribution in [1.82, 2.24) is 0 Å². The minimum absolute atomic E-state index is 0.0186. The quantitative estimate of drug-likeness (QED) is 0.887. The lowest BCUT2D eigenvalue weighted by Gasteiger charge is -2.33. The number of fused-ring (bicyclic) bond motifs is 1. The van der Waals surface area contributed by atoms with Gasteiger partial charge < -0.3 is 10.6 Å². The van der Waals surface area contributed by atoms with E-state index in [9.17, 15) is 9.59 Å². The molecule has 1 heterocycles. The van der Waals surface area contributed by atoms with Gasteiger partial charge in [-0.05, 0) is 38.3 Å². The smallest absolute Gasteiger partial charge is 0.285 e. The van der Waals surface area contributed by atoms with Crippen molar-refractivity contribution in [3.63, 3.8) is 0 Å². The van der Waals surface area contributed by atoms with Crippen molar-refractivity contribution in [2.75, 3.05) is 16.8 Å². The van der Waals surface area contributed by atoms with Gasteiger partial charge in [-0.25, -0.2) is 0 Å². The number of nitrogens with zero attached hydrogens (tertiary/aromatic N) is 1. The molecule has 1 aliphatic carbocycles. The van der Waals surface area contributed by atoms with Gasteiger partial charge in [-0.2, -0.15) is 0 Å². The highest BCUT2D eigenvalue weighted by Crippen LogP contribution is 2.29. The molecule has 3 rings (SSSR count). The van der Waals surface area contributed by atoms with E-state index in [1.165, 1.54) is 25.7 Å². The van der Waals surface area contributed by atoms with E-state index in [0.29, 0.717) is 12.0 Å². The Bertz CT molecular complexity index is 602. The molecule has 1 saturated carbocycles. The van der Waals surface area contributed by atoms with Crippen LogP contribution < -0.4 is 15.5 Å². The minimum atomic E-state index is -0.167. The lowest BCUT2D eigenvalue weighted by Crippen LogP contribution is -2.98. The summed E-state index contributed by atoms with van der Waals surface area (Å²) in [4.78, 5) is 26.4. The third kappa shape index (κ3) is 3.39. The van der Waals surface area contributed by atoms with Crippen LogP contribution >= 0.6 is 0 Å². The lowest BCUT2D eigenvalue weighted by atomic mass is 9.85. The van der Waals surface area contributed by atoms with Gasteiger partial charge >= 0.3 is 0 Å². The van der Waals surface area contributed by atoms with Gasteiger partial charge in [0.15, 0.2) is 6.04 Å². The molecule has 1 fully saturated rings. The first-order chi connectivity index (χ1) is 11.1. The number of quaternary nitrogens is 1. The van der Waals surface area contributed by atoms with Crippen LogP contribution in [0.25, 0.3) is 0 Å². The van der Waals surface area contributed by atoms with Crippen LogP contribution in [0.5, 0.6) is 0 Å². The molecule has 3 atom stereocenters. The normalized spacial score (nSPS) is 25.5. The van der Waals surface area contributed by atoms with Crippen molar-refractivity contribution >= 4 is 23.2 Å². The van der Waals surface area contributed by atoms with Crippen molar-refractivity contribution in [2.24, 2.45) is 5.92 Å². The SMILES string of the molecule is C[C@H]([NH2+][C@@H]1CCCC[C@H]1C)C(=O)N1CC(=O)Nc2ccccc21. The van der Waals surface area contributed by atoms with Crippen LogP contribution in [-0.4, -0.2) is 30.4 Å². The molecule has 0 spiro atoms. The highest BCUT2D eigenvalue weighted by molar-refractivity contribution is 6.10. The fraction of sp³-hybridized carbons (Fsp3) is 0.556. The van der Waals surface area contributed by atoms with Gasteiger partial charge in [-0.15, -0.1) is 0 Å². The number of nitrogens with two attached hydrogens (primary N) is 1. The summed E-state index contributed by atoms with van der Waals surface area (Å²) < 4.78 is 0. The topological polar surface area (TPSA) is 66.0 Å². The second kappa shape index (κ2) is 6.71. The van der Waals surface area contributed by atoms with Crippen molar-refractivity contribution in [3.8, 4) is 0 Å². The number of nitrogens with one attached hydrogen (secondary N) is 1. The zero-order valence-electron chi connectivity index (χ0n) is 13.9. The molecule has 5 nitrogen and oxygen atoms in total. The van der Waals surface area contributed by atoms with Crippen LogP contribution in [0.2, 0.25) is 0 Å². The largest absolute Gasteiger partial charge is 0.334 e. The van der Waals surface area contributed by atoms with Gasteiger partial charge in [0.2, 0.25) is 5.91 Å². The van der Waals surface area contributed by atoms with E-state index >= 15 is 0 Å². The molecule has 3 N–H and O–H groups in total. The monoisotopic (exact) mass is 316 g/mol. The summed E-state index contributed by atoms with van der Waals surface area (Å²) in [5.74, 6) is 0.538. The number of para-hydroxylation sites is 2. The molecule has 0 saturated heterocycles. The zero-order chi connectivity index (χ0) is 16.4. The number of carbonyl (C=O) groups excluding carboxylic acids is 2. The number of benzene rings is 1. The van der Waals surface area contributed by atoms with Crippen molar-refractivity contribution in [2.45, 2.75) is 51.6 Å². The number of anilines is 2. The van der Waals surface area contributed by atoms with Crippen LogP contribution in [-0.2, 0) is 9.59 Å². The summed E-state index contributed by atoms with van der Waals surface area (Å²) in [7, 11) is 0. The van der Waals surface area contributed by atoms with E-state index in [0.717, 1.165) is 11.4 Å². The van der Waals surface area contributed by atoms with Gasteiger partial charge in [-0.1, -0.05) is 25.5 Å². The molecule has 0 bridgehead atoms. The summed E-state index contributed by atoms with van der Waals surface area (Å²) in [5, 5.41) is 5.04. The van der Waals surface area contributed by atoms with Gasteiger partial charge in [0, 0.05) is 5.92 Å². The van der Waals surface area contributed by atoms with Crippen LogP contribution in [0.1, 0.15) is 39.5 Å². The number of carbonyl (C=O) groups is 2. The Kier molecular flexibility index (Phi) is 4.66. The van der Waals surface area contributed by atoms with E-state index < -0.39 is 0 Å². The molecule has 124 valence electrons. The molecule has 0 unspecified atom stereocenters. The van der Waals surface area contributed by atoms with Crippen molar-refractivity contribution in [1.29, 1.82) is 0 Å². The molecule has 5 heteroatoms. The maximum absolute atomic E-state index is 12.9. The van der Waals surface area contributed by atoms with Crippen molar-refractivity contribution in [3.05, 3.63) is 24.3 Å². The Morgan fingerprint density at radius 1 is 1.30 bits per heavy atom. The van der Waals surface area contributed by atoms with Crippen LogP contribution in [0.3, 0.4) is 0 Å². The zero-order valence-corrected chi connectivity index (χ0v) is 13.9. The predicted octanol–water partition coefficient (Wildman–Crippen LogP) is 1.50. The average Bonchev–Trinajstić information content (AvgIpc) is 2.55. The van der Waals surface area contributed by atoms with E-state index in [1.54, 1.807) is 4.90 Å². The molecule has 0 radical (unpaired) electrons. The van der Waals surface area contributed by atoms with Crippen molar-refractivity contribution < 1.29 is 14.9 Å². The number of rotatable bonds is 3. The maximum Gasteiger partial charge on any atom is 0.285 e. The predicted molar refractivity (Wildman–Crippen MR) is 90.2 cm³/mol. The van der Waals surface area contributed by atoms with E-state index in [1.807, 2.05) is 31.2 Å². The summed E-state index contributed by atoms with van der Waals surface area (Å²) in [6.45, 7) is 4.34. The molecular formula is C18H26N3O2+. The molecule has 2 amide bonds. The maximum atomic E-state index is 12.9. The molecule has 1 aromatic rings. The van der Waals surface area contributed by atoms with Gasteiger partial charge in [0.1, 0.15) is 6.54 Å². The molecule has 0 aromatic heterocycles.